The topological polar surface area (TPSA) is 83.5 Å². The molecule has 2 rings (SSSR count). The summed E-state index contributed by atoms with van der Waals surface area (Å²) in [5, 5.41) is 9.09. The lowest BCUT2D eigenvalue weighted by molar-refractivity contribution is 0.0698. The highest BCUT2D eigenvalue weighted by molar-refractivity contribution is 9.10. The van der Waals surface area contributed by atoms with E-state index in [4.69, 9.17) is 16.7 Å². The summed E-state index contributed by atoms with van der Waals surface area (Å²) >= 11 is 8.98. The molecule has 0 heterocycles. The number of carbonyl (C=O) groups is 1. The summed E-state index contributed by atoms with van der Waals surface area (Å²) < 4.78 is 27.4. The van der Waals surface area contributed by atoms with E-state index in [9.17, 15) is 13.2 Å². The van der Waals surface area contributed by atoms with Gasteiger partial charge in [0.05, 0.1) is 15.6 Å². The van der Waals surface area contributed by atoms with Crippen molar-refractivity contribution in [1.29, 1.82) is 0 Å². The number of carboxylic acids is 1. The number of rotatable bonds is 4. The molecular weight excluding hydrogens is 382 g/mol. The Bertz CT molecular complexity index is 808. The molecule has 0 aliphatic heterocycles. The van der Waals surface area contributed by atoms with Gasteiger partial charge in [-0.05, 0) is 30.3 Å². The van der Waals surface area contributed by atoms with Gasteiger partial charge < -0.3 is 5.11 Å². The summed E-state index contributed by atoms with van der Waals surface area (Å²) in [4.78, 5) is 11.2. The summed E-state index contributed by atoms with van der Waals surface area (Å²) in [5.41, 5.74) is -0.382. The van der Waals surface area contributed by atoms with Crippen molar-refractivity contribution >= 4 is 49.2 Å². The maximum Gasteiger partial charge on any atom is 0.339 e. The summed E-state index contributed by atoms with van der Waals surface area (Å²) in [7, 11) is -3.91. The van der Waals surface area contributed by atoms with Crippen molar-refractivity contribution in [2.75, 3.05) is 4.72 Å². The third kappa shape index (κ3) is 3.55. The average Bonchev–Trinajstić information content (AvgIpc) is 2.37. The van der Waals surface area contributed by atoms with E-state index in [0.717, 1.165) is 0 Å². The number of benzene rings is 2. The van der Waals surface area contributed by atoms with E-state index in [-0.39, 0.29) is 21.2 Å². The highest BCUT2D eigenvalue weighted by atomic mass is 79.9. The molecule has 0 saturated carbocycles. The van der Waals surface area contributed by atoms with Crippen LogP contribution >= 0.6 is 27.5 Å². The zero-order valence-corrected chi connectivity index (χ0v) is 13.5. The van der Waals surface area contributed by atoms with Gasteiger partial charge in [0.2, 0.25) is 0 Å². The first kappa shape index (κ1) is 15.8. The Kier molecular flexibility index (Phi) is 4.55. The van der Waals surface area contributed by atoms with Crippen LogP contribution in [0.2, 0.25) is 5.02 Å². The second kappa shape index (κ2) is 6.05. The zero-order valence-electron chi connectivity index (χ0n) is 10.4. The van der Waals surface area contributed by atoms with Crippen molar-refractivity contribution in [3.8, 4) is 0 Å². The Labute approximate surface area is 134 Å². The molecule has 0 unspecified atom stereocenters. The molecule has 2 aromatic carbocycles. The zero-order chi connectivity index (χ0) is 15.6. The number of nitrogens with one attached hydrogen (secondary N) is 1. The van der Waals surface area contributed by atoms with Gasteiger partial charge in [0, 0.05) is 4.47 Å². The molecular formula is C13H9BrClNO4S. The molecule has 0 bridgehead atoms. The van der Waals surface area contributed by atoms with Crippen molar-refractivity contribution < 1.29 is 18.3 Å². The minimum Gasteiger partial charge on any atom is -0.478 e. The normalized spacial score (nSPS) is 11.1. The van der Waals surface area contributed by atoms with Crippen LogP contribution in [-0.4, -0.2) is 19.5 Å². The number of carboxylic acid groups (broad SMARTS) is 1. The third-order valence-electron chi connectivity index (χ3n) is 2.58. The second-order valence-corrected chi connectivity index (χ2v) is 7.04. The molecule has 0 saturated heterocycles. The molecule has 5 nitrogen and oxygen atoms in total. The molecule has 0 aliphatic carbocycles. The van der Waals surface area contributed by atoms with Crippen LogP contribution in [0, 0.1) is 0 Å². The number of halogens is 2. The monoisotopic (exact) mass is 389 g/mol. The maximum atomic E-state index is 12.3. The van der Waals surface area contributed by atoms with Gasteiger partial charge in [0.25, 0.3) is 10.0 Å². The summed E-state index contributed by atoms with van der Waals surface area (Å²) in [6.07, 6.45) is 0. The standard InChI is InChI=1S/C13H9BrClNO4S/c14-8-3-1-4-9(7-8)21(19,20)16-11-6-2-5-10(15)12(11)13(17)18/h1-7,16H,(H,17,18). The number of aromatic carboxylic acids is 1. The largest absolute Gasteiger partial charge is 0.478 e. The molecule has 0 radical (unpaired) electrons. The van der Waals surface area contributed by atoms with Gasteiger partial charge in [-0.1, -0.05) is 39.7 Å². The average molecular weight is 391 g/mol. The van der Waals surface area contributed by atoms with Gasteiger partial charge in [-0.3, -0.25) is 4.72 Å². The molecule has 0 amide bonds. The predicted octanol–water partition coefficient (Wildman–Crippen LogP) is 3.60. The minimum absolute atomic E-state index is 0.00758. The van der Waals surface area contributed by atoms with Crippen LogP contribution in [0.5, 0.6) is 0 Å². The van der Waals surface area contributed by atoms with Gasteiger partial charge in [0.1, 0.15) is 5.56 Å². The quantitative estimate of drug-likeness (QED) is 0.835. The molecule has 0 aromatic heterocycles. The second-order valence-electron chi connectivity index (χ2n) is 4.03. The summed E-state index contributed by atoms with van der Waals surface area (Å²) in [5.74, 6) is -1.31. The van der Waals surface area contributed by atoms with Crippen molar-refractivity contribution in [2.45, 2.75) is 4.90 Å². The summed E-state index contributed by atoms with van der Waals surface area (Å²) in [6, 6.07) is 10.2. The Morgan fingerprint density at radius 3 is 2.48 bits per heavy atom. The highest BCUT2D eigenvalue weighted by Crippen LogP contribution is 2.27. The van der Waals surface area contributed by atoms with Gasteiger partial charge in [0.15, 0.2) is 0 Å². The van der Waals surface area contributed by atoms with E-state index in [1.54, 1.807) is 12.1 Å². The fraction of sp³-hybridized carbons (Fsp3) is 0. The van der Waals surface area contributed by atoms with Crippen molar-refractivity contribution in [3.05, 3.63) is 57.5 Å². The number of hydrogen-bond donors (Lipinski definition) is 2. The first-order valence-corrected chi connectivity index (χ1v) is 8.27. The Balaban J connectivity index is 2.47. The van der Waals surface area contributed by atoms with Crippen LogP contribution in [0.4, 0.5) is 5.69 Å². The molecule has 2 aromatic rings. The minimum atomic E-state index is -3.91. The lowest BCUT2D eigenvalue weighted by Crippen LogP contribution is -2.15. The predicted molar refractivity (Wildman–Crippen MR) is 83.4 cm³/mol. The first-order valence-electron chi connectivity index (χ1n) is 5.61. The Hall–Kier alpha value is -1.57. The van der Waals surface area contributed by atoms with Gasteiger partial charge in [-0.25, -0.2) is 13.2 Å². The SMILES string of the molecule is O=C(O)c1c(Cl)cccc1NS(=O)(=O)c1cccc(Br)c1. The van der Waals surface area contributed by atoms with Crippen molar-refractivity contribution in [3.63, 3.8) is 0 Å². The van der Waals surface area contributed by atoms with Crippen LogP contribution in [-0.2, 0) is 10.0 Å². The molecule has 2 N–H and O–H groups in total. The van der Waals surface area contributed by atoms with Crippen LogP contribution in [0.15, 0.2) is 51.8 Å². The van der Waals surface area contributed by atoms with Crippen LogP contribution in [0.1, 0.15) is 10.4 Å². The van der Waals surface area contributed by atoms with Crippen molar-refractivity contribution in [2.24, 2.45) is 0 Å². The third-order valence-corrected chi connectivity index (χ3v) is 4.75. The van der Waals surface area contributed by atoms with Crippen LogP contribution < -0.4 is 4.72 Å². The Morgan fingerprint density at radius 2 is 1.86 bits per heavy atom. The lowest BCUT2D eigenvalue weighted by Gasteiger charge is -2.11. The first-order chi connectivity index (χ1) is 9.81. The van der Waals surface area contributed by atoms with E-state index in [1.807, 2.05) is 0 Å². The molecule has 0 fully saturated rings. The van der Waals surface area contributed by atoms with Gasteiger partial charge >= 0.3 is 5.97 Å². The van der Waals surface area contributed by atoms with Crippen molar-refractivity contribution in [1.82, 2.24) is 0 Å². The number of hydrogen-bond acceptors (Lipinski definition) is 3. The lowest BCUT2D eigenvalue weighted by atomic mass is 10.2. The summed E-state index contributed by atoms with van der Waals surface area (Å²) in [6.45, 7) is 0. The fourth-order valence-corrected chi connectivity index (χ4v) is 3.59. The number of anilines is 1. The molecule has 8 heteroatoms. The van der Waals surface area contributed by atoms with E-state index < -0.39 is 16.0 Å². The Morgan fingerprint density at radius 1 is 1.19 bits per heavy atom. The smallest absolute Gasteiger partial charge is 0.339 e. The van der Waals surface area contributed by atoms with Gasteiger partial charge in [-0.15, -0.1) is 0 Å². The van der Waals surface area contributed by atoms with E-state index >= 15 is 0 Å². The fourth-order valence-electron chi connectivity index (χ4n) is 1.66. The van der Waals surface area contributed by atoms with E-state index in [0.29, 0.717) is 4.47 Å². The number of sulfonamides is 1. The molecule has 21 heavy (non-hydrogen) atoms. The highest BCUT2D eigenvalue weighted by Gasteiger charge is 2.20. The van der Waals surface area contributed by atoms with Crippen LogP contribution in [0.3, 0.4) is 0 Å². The molecule has 0 spiro atoms. The van der Waals surface area contributed by atoms with E-state index in [2.05, 4.69) is 20.7 Å². The molecule has 0 aliphatic rings. The molecule has 0 atom stereocenters. The molecule has 110 valence electrons. The van der Waals surface area contributed by atoms with Gasteiger partial charge in [-0.2, -0.15) is 0 Å². The maximum absolute atomic E-state index is 12.3. The van der Waals surface area contributed by atoms with Crippen LogP contribution in [0.25, 0.3) is 0 Å². The van der Waals surface area contributed by atoms with E-state index in [1.165, 1.54) is 30.3 Å².